The monoisotopic (exact) mass is 471 g/mol. The Hall–Kier alpha value is -4.06. The molecule has 180 valence electrons. The second-order valence-electron chi connectivity index (χ2n) is 9.75. The molecule has 1 aliphatic rings. The summed E-state index contributed by atoms with van der Waals surface area (Å²) in [6, 6.07) is 18.0. The maximum absolute atomic E-state index is 13.4. The lowest BCUT2D eigenvalue weighted by atomic mass is 9.84. The van der Waals surface area contributed by atoms with Crippen LogP contribution in [0.3, 0.4) is 0 Å². The fourth-order valence-corrected chi connectivity index (χ4v) is 4.36. The lowest BCUT2D eigenvalue weighted by molar-refractivity contribution is -0.132. The molecule has 0 aromatic heterocycles. The van der Waals surface area contributed by atoms with Crippen molar-refractivity contribution in [2.24, 2.45) is 0 Å². The number of anilines is 1. The van der Waals surface area contributed by atoms with E-state index in [1.165, 1.54) is 24.1 Å². The zero-order chi connectivity index (χ0) is 25.5. The zero-order valence-electron chi connectivity index (χ0n) is 20.5. The highest BCUT2D eigenvalue weighted by molar-refractivity contribution is 6.51. The predicted molar refractivity (Wildman–Crippen MR) is 136 cm³/mol. The lowest BCUT2D eigenvalue weighted by Gasteiger charge is -2.26. The van der Waals surface area contributed by atoms with Crippen LogP contribution in [0.1, 0.15) is 49.1 Å². The van der Waals surface area contributed by atoms with E-state index in [2.05, 4.69) is 20.8 Å². The molecule has 0 aliphatic carbocycles. The molecule has 1 atom stereocenters. The number of phenolic OH excluding ortho intramolecular Hbond substituents is 1. The highest BCUT2D eigenvalue weighted by Gasteiger charge is 2.47. The number of aryl methyl sites for hydroxylation is 1. The SMILES string of the molecule is COc1cccc(N2C(=O)C(=O)/C(=C(/O)c3cc(C(C)(C)C)ccc3C)C2c2cccc(O)c2)c1. The average molecular weight is 472 g/mol. The number of phenols is 1. The van der Waals surface area contributed by atoms with Crippen LogP contribution in [0.25, 0.3) is 5.76 Å². The van der Waals surface area contributed by atoms with Crippen molar-refractivity contribution in [2.45, 2.75) is 39.2 Å². The number of ketones is 1. The van der Waals surface area contributed by atoms with Gasteiger partial charge in [-0.1, -0.05) is 51.1 Å². The number of ether oxygens (including phenoxy) is 1. The van der Waals surface area contributed by atoms with E-state index in [-0.39, 0.29) is 22.5 Å². The van der Waals surface area contributed by atoms with Gasteiger partial charge in [-0.3, -0.25) is 14.5 Å². The number of methoxy groups -OCH3 is 1. The van der Waals surface area contributed by atoms with Crippen LogP contribution in [0.2, 0.25) is 0 Å². The predicted octanol–water partition coefficient (Wildman–Crippen LogP) is 5.63. The molecule has 1 unspecified atom stereocenters. The van der Waals surface area contributed by atoms with Crippen molar-refractivity contribution in [1.82, 2.24) is 0 Å². The Morgan fingerprint density at radius 1 is 0.971 bits per heavy atom. The smallest absolute Gasteiger partial charge is 0.300 e. The van der Waals surface area contributed by atoms with E-state index in [0.29, 0.717) is 22.6 Å². The molecule has 0 saturated carbocycles. The molecule has 6 nitrogen and oxygen atoms in total. The standard InChI is InChI=1S/C29H29NO5/c1-17-12-13-19(29(2,3)4)15-23(17)26(32)24-25(18-8-6-10-21(31)14-18)30(28(34)27(24)33)20-9-7-11-22(16-20)35-5/h6-16,25,31-32H,1-5H3/b26-24+. The Balaban J connectivity index is 1.99. The molecule has 6 heteroatoms. The van der Waals surface area contributed by atoms with Crippen molar-refractivity contribution in [3.05, 3.63) is 94.6 Å². The van der Waals surface area contributed by atoms with Gasteiger partial charge in [0.15, 0.2) is 0 Å². The van der Waals surface area contributed by atoms with Crippen molar-refractivity contribution < 1.29 is 24.5 Å². The van der Waals surface area contributed by atoms with Gasteiger partial charge in [-0.05, 0) is 59.4 Å². The lowest BCUT2D eigenvalue weighted by Crippen LogP contribution is -2.29. The minimum absolute atomic E-state index is 0.00959. The van der Waals surface area contributed by atoms with Gasteiger partial charge in [0.1, 0.15) is 17.3 Å². The van der Waals surface area contributed by atoms with Gasteiger partial charge in [-0.25, -0.2) is 0 Å². The third-order valence-corrected chi connectivity index (χ3v) is 6.32. The van der Waals surface area contributed by atoms with Crippen LogP contribution in [0.15, 0.2) is 72.3 Å². The van der Waals surface area contributed by atoms with Crippen LogP contribution in [-0.4, -0.2) is 29.0 Å². The summed E-state index contributed by atoms with van der Waals surface area (Å²) in [6.07, 6.45) is 0. The normalized spacial score (nSPS) is 17.6. The first kappa shape index (κ1) is 24.1. The van der Waals surface area contributed by atoms with E-state index in [1.54, 1.807) is 36.4 Å². The molecule has 1 heterocycles. The Morgan fingerprint density at radius 2 is 1.69 bits per heavy atom. The van der Waals surface area contributed by atoms with Crippen LogP contribution >= 0.6 is 0 Å². The number of rotatable bonds is 4. The number of hydrogen-bond donors (Lipinski definition) is 2. The van der Waals surface area contributed by atoms with Gasteiger partial charge >= 0.3 is 0 Å². The minimum Gasteiger partial charge on any atom is -0.508 e. The van der Waals surface area contributed by atoms with E-state index in [0.717, 1.165) is 11.1 Å². The fraction of sp³-hybridized carbons (Fsp3) is 0.241. The number of amides is 1. The molecule has 0 radical (unpaired) electrons. The summed E-state index contributed by atoms with van der Waals surface area (Å²) in [5.41, 5.74) is 2.99. The Kier molecular flexibility index (Phi) is 6.15. The minimum atomic E-state index is -0.938. The van der Waals surface area contributed by atoms with E-state index in [4.69, 9.17) is 4.74 Å². The molecule has 1 saturated heterocycles. The van der Waals surface area contributed by atoms with E-state index < -0.39 is 17.7 Å². The summed E-state index contributed by atoms with van der Waals surface area (Å²) >= 11 is 0. The van der Waals surface area contributed by atoms with Gasteiger partial charge in [-0.15, -0.1) is 0 Å². The molecule has 1 fully saturated rings. The summed E-state index contributed by atoms with van der Waals surface area (Å²) in [6.45, 7) is 8.05. The molecule has 2 N–H and O–H groups in total. The van der Waals surface area contributed by atoms with Gasteiger partial charge in [0, 0.05) is 17.3 Å². The summed E-state index contributed by atoms with van der Waals surface area (Å²) in [7, 11) is 1.52. The number of carbonyl (C=O) groups is 2. The third kappa shape index (κ3) is 4.39. The first-order valence-corrected chi connectivity index (χ1v) is 11.4. The van der Waals surface area contributed by atoms with Crippen molar-refractivity contribution >= 4 is 23.1 Å². The average Bonchev–Trinajstić information content (AvgIpc) is 3.08. The molecule has 3 aromatic carbocycles. The van der Waals surface area contributed by atoms with Gasteiger partial charge in [0.05, 0.1) is 18.7 Å². The van der Waals surface area contributed by atoms with Crippen LogP contribution in [0.5, 0.6) is 11.5 Å². The Morgan fingerprint density at radius 3 is 2.34 bits per heavy atom. The molecule has 1 aliphatic heterocycles. The van der Waals surface area contributed by atoms with E-state index >= 15 is 0 Å². The number of hydrogen-bond acceptors (Lipinski definition) is 5. The zero-order valence-corrected chi connectivity index (χ0v) is 20.5. The van der Waals surface area contributed by atoms with Gasteiger partial charge < -0.3 is 14.9 Å². The second-order valence-corrected chi connectivity index (χ2v) is 9.75. The molecule has 4 rings (SSSR count). The highest BCUT2D eigenvalue weighted by Crippen LogP contribution is 2.44. The second kappa shape index (κ2) is 8.95. The number of benzene rings is 3. The number of carbonyl (C=O) groups excluding carboxylic acids is 2. The summed E-state index contributed by atoms with van der Waals surface area (Å²) in [4.78, 5) is 28.1. The molecule has 0 spiro atoms. The molecule has 1 amide bonds. The molecular formula is C29H29NO5. The topological polar surface area (TPSA) is 87.1 Å². The first-order chi connectivity index (χ1) is 16.5. The van der Waals surface area contributed by atoms with E-state index in [9.17, 15) is 19.8 Å². The van der Waals surface area contributed by atoms with Gasteiger partial charge in [0.25, 0.3) is 11.7 Å². The molecular weight excluding hydrogens is 442 g/mol. The Bertz CT molecular complexity index is 1350. The van der Waals surface area contributed by atoms with Crippen LogP contribution in [-0.2, 0) is 15.0 Å². The van der Waals surface area contributed by atoms with Crippen molar-refractivity contribution in [1.29, 1.82) is 0 Å². The maximum Gasteiger partial charge on any atom is 0.300 e. The quantitative estimate of drug-likeness (QED) is 0.292. The van der Waals surface area contributed by atoms with Gasteiger partial charge in [0.2, 0.25) is 0 Å². The summed E-state index contributed by atoms with van der Waals surface area (Å²) < 4.78 is 5.32. The van der Waals surface area contributed by atoms with Crippen molar-refractivity contribution in [2.75, 3.05) is 12.0 Å². The van der Waals surface area contributed by atoms with Gasteiger partial charge in [-0.2, -0.15) is 0 Å². The molecule has 0 bridgehead atoms. The molecule has 35 heavy (non-hydrogen) atoms. The van der Waals surface area contributed by atoms with E-state index in [1.807, 2.05) is 25.1 Å². The summed E-state index contributed by atoms with van der Waals surface area (Å²) in [5.74, 6) is -1.29. The van der Waals surface area contributed by atoms with Crippen molar-refractivity contribution in [3.63, 3.8) is 0 Å². The van der Waals surface area contributed by atoms with Crippen molar-refractivity contribution in [3.8, 4) is 11.5 Å². The number of nitrogens with zero attached hydrogens (tertiary/aromatic N) is 1. The summed E-state index contributed by atoms with van der Waals surface area (Å²) in [5, 5.41) is 21.7. The number of aliphatic hydroxyl groups is 1. The van der Waals surface area contributed by atoms with Crippen LogP contribution in [0.4, 0.5) is 5.69 Å². The molecule has 3 aromatic rings. The largest absolute Gasteiger partial charge is 0.508 e. The number of aromatic hydroxyl groups is 1. The Labute approximate surface area is 205 Å². The van der Waals surface area contributed by atoms with Crippen LogP contribution in [0, 0.1) is 6.92 Å². The highest BCUT2D eigenvalue weighted by atomic mass is 16.5. The number of aliphatic hydroxyl groups excluding tert-OH is 1. The van der Waals surface area contributed by atoms with Crippen LogP contribution < -0.4 is 9.64 Å². The fourth-order valence-electron chi connectivity index (χ4n) is 4.36. The first-order valence-electron chi connectivity index (χ1n) is 11.4. The number of Topliss-reactive ketones (excluding diaryl/α,β-unsaturated/α-hetero) is 1. The maximum atomic E-state index is 13.4. The third-order valence-electron chi connectivity index (χ3n) is 6.32.